The fourth-order valence-electron chi connectivity index (χ4n) is 2.56. The molecule has 1 heterocycles. The Morgan fingerprint density at radius 1 is 1.11 bits per heavy atom. The molecule has 0 atom stereocenters. The lowest BCUT2D eigenvalue weighted by atomic mass is 10.1. The lowest BCUT2D eigenvalue weighted by Crippen LogP contribution is -2.34. The summed E-state index contributed by atoms with van der Waals surface area (Å²) in [6.07, 6.45) is 2.45. The predicted octanol–water partition coefficient (Wildman–Crippen LogP) is 2.25. The molecule has 1 aromatic rings. The van der Waals surface area contributed by atoms with Gasteiger partial charge in [0.2, 0.25) is 0 Å². The van der Waals surface area contributed by atoms with E-state index in [-0.39, 0.29) is 0 Å². The van der Waals surface area contributed by atoms with E-state index in [0.29, 0.717) is 0 Å². The molecular weight excluding hydrogens is 222 g/mol. The van der Waals surface area contributed by atoms with Gasteiger partial charge in [-0.15, -0.1) is 0 Å². The molecule has 1 fully saturated rings. The maximum atomic E-state index is 3.46. The first kappa shape index (κ1) is 13.2. The molecule has 1 N–H and O–H groups in total. The fraction of sp³-hybridized carbons (Fsp3) is 0.600. The molecule has 1 aliphatic heterocycles. The van der Waals surface area contributed by atoms with Crippen LogP contribution in [0.5, 0.6) is 0 Å². The van der Waals surface area contributed by atoms with Gasteiger partial charge in [-0.1, -0.05) is 6.07 Å². The second-order valence-electron chi connectivity index (χ2n) is 5.31. The van der Waals surface area contributed by atoms with Gasteiger partial charge in [-0.05, 0) is 50.6 Å². The number of rotatable bonds is 2. The molecule has 3 heteroatoms. The van der Waals surface area contributed by atoms with Gasteiger partial charge < -0.3 is 15.1 Å². The van der Waals surface area contributed by atoms with Gasteiger partial charge in [0, 0.05) is 38.6 Å². The van der Waals surface area contributed by atoms with Crippen LogP contribution in [0.1, 0.15) is 18.4 Å². The van der Waals surface area contributed by atoms with Crippen molar-refractivity contribution in [2.45, 2.75) is 19.8 Å². The topological polar surface area (TPSA) is 18.5 Å². The molecule has 0 spiro atoms. The van der Waals surface area contributed by atoms with Crippen LogP contribution in [0.25, 0.3) is 0 Å². The van der Waals surface area contributed by atoms with Crippen molar-refractivity contribution in [2.24, 2.45) is 0 Å². The molecule has 100 valence electrons. The van der Waals surface area contributed by atoms with Crippen LogP contribution in [0.4, 0.5) is 11.4 Å². The van der Waals surface area contributed by atoms with E-state index in [1.165, 1.54) is 29.8 Å². The summed E-state index contributed by atoms with van der Waals surface area (Å²) in [6.45, 7) is 6.77. The maximum absolute atomic E-state index is 3.46. The Bertz CT molecular complexity index is 379. The number of nitrogens with zero attached hydrogens (tertiary/aromatic N) is 2. The standard InChI is InChI=1S/C15H25N3/c1-13-6-7-14(12-15(13)17(2)3)18-10-4-8-16-9-5-11-18/h6-7,12,16H,4-5,8-11H2,1-3H3. The molecule has 0 aliphatic carbocycles. The average molecular weight is 247 g/mol. The molecule has 0 radical (unpaired) electrons. The van der Waals surface area contributed by atoms with Gasteiger partial charge >= 0.3 is 0 Å². The van der Waals surface area contributed by atoms with Gasteiger partial charge in [0.1, 0.15) is 0 Å². The van der Waals surface area contributed by atoms with Crippen LogP contribution >= 0.6 is 0 Å². The van der Waals surface area contributed by atoms with Gasteiger partial charge in [0.15, 0.2) is 0 Å². The first-order valence-electron chi connectivity index (χ1n) is 6.92. The van der Waals surface area contributed by atoms with Crippen molar-refractivity contribution in [3.05, 3.63) is 23.8 Å². The Balaban J connectivity index is 2.18. The lowest BCUT2D eigenvalue weighted by Gasteiger charge is -2.28. The molecule has 0 amide bonds. The number of hydrogen-bond donors (Lipinski definition) is 1. The molecule has 0 bridgehead atoms. The third-order valence-corrected chi connectivity index (χ3v) is 3.60. The van der Waals surface area contributed by atoms with Crippen LogP contribution in [0.3, 0.4) is 0 Å². The number of aryl methyl sites for hydroxylation is 1. The third-order valence-electron chi connectivity index (χ3n) is 3.60. The van der Waals surface area contributed by atoms with Crippen LogP contribution < -0.4 is 15.1 Å². The predicted molar refractivity (Wildman–Crippen MR) is 79.8 cm³/mol. The summed E-state index contributed by atoms with van der Waals surface area (Å²) in [4.78, 5) is 4.72. The molecule has 2 rings (SSSR count). The summed E-state index contributed by atoms with van der Waals surface area (Å²) in [7, 11) is 4.23. The Morgan fingerprint density at radius 3 is 2.39 bits per heavy atom. The SMILES string of the molecule is Cc1ccc(N2CCCNCCC2)cc1N(C)C. The van der Waals surface area contributed by atoms with Crippen molar-refractivity contribution in [2.75, 3.05) is 50.1 Å². The summed E-state index contributed by atoms with van der Waals surface area (Å²) >= 11 is 0. The molecule has 1 saturated heterocycles. The minimum absolute atomic E-state index is 1.14. The van der Waals surface area contributed by atoms with Gasteiger partial charge in [-0.3, -0.25) is 0 Å². The van der Waals surface area contributed by atoms with E-state index in [2.05, 4.69) is 54.3 Å². The highest BCUT2D eigenvalue weighted by Crippen LogP contribution is 2.25. The molecule has 0 unspecified atom stereocenters. The molecule has 1 aliphatic rings. The van der Waals surface area contributed by atoms with E-state index in [9.17, 15) is 0 Å². The van der Waals surface area contributed by atoms with Crippen LogP contribution in [-0.4, -0.2) is 40.3 Å². The molecule has 1 aromatic carbocycles. The average Bonchev–Trinajstić information content (AvgIpc) is 2.29. The Morgan fingerprint density at radius 2 is 1.78 bits per heavy atom. The largest absolute Gasteiger partial charge is 0.377 e. The smallest absolute Gasteiger partial charge is 0.0411 e. The van der Waals surface area contributed by atoms with Gasteiger partial charge in [0.05, 0.1) is 0 Å². The Hall–Kier alpha value is -1.22. The van der Waals surface area contributed by atoms with E-state index >= 15 is 0 Å². The van der Waals surface area contributed by atoms with Crippen molar-refractivity contribution in [1.29, 1.82) is 0 Å². The first-order valence-corrected chi connectivity index (χ1v) is 6.92. The van der Waals surface area contributed by atoms with E-state index < -0.39 is 0 Å². The quantitative estimate of drug-likeness (QED) is 0.865. The maximum Gasteiger partial charge on any atom is 0.0411 e. The number of hydrogen-bond acceptors (Lipinski definition) is 3. The minimum Gasteiger partial charge on any atom is -0.377 e. The van der Waals surface area contributed by atoms with E-state index in [1.807, 2.05) is 0 Å². The second kappa shape index (κ2) is 6.10. The minimum atomic E-state index is 1.14. The van der Waals surface area contributed by atoms with Crippen molar-refractivity contribution in [3.8, 4) is 0 Å². The Labute approximate surface area is 111 Å². The number of anilines is 2. The van der Waals surface area contributed by atoms with Crippen molar-refractivity contribution >= 4 is 11.4 Å². The number of benzene rings is 1. The summed E-state index contributed by atoms with van der Waals surface area (Å²) in [5.74, 6) is 0. The van der Waals surface area contributed by atoms with E-state index in [0.717, 1.165) is 26.2 Å². The van der Waals surface area contributed by atoms with E-state index in [1.54, 1.807) is 0 Å². The van der Waals surface area contributed by atoms with Crippen LogP contribution in [0.2, 0.25) is 0 Å². The zero-order valence-corrected chi connectivity index (χ0v) is 11.9. The second-order valence-corrected chi connectivity index (χ2v) is 5.31. The molecule has 0 saturated carbocycles. The van der Waals surface area contributed by atoms with Crippen molar-refractivity contribution in [3.63, 3.8) is 0 Å². The summed E-state index contributed by atoms with van der Waals surface area (Å²) in [5.41, 5.74) is 4.04. The number of nitrogens with one attached hydrogen (secondary N) is 1. The normalized spacial score (nSPS) is 17.2. The van der Waals surface area contributed by atoms with Crippen molar-refractivity contribution in [1.82, 2.24) is 5.32 Å². The van der Waals surface area contributed by atoms with Crippen molar-refractivity contribution < 1.29 is 0 Å². The van der Waals surface area contributed by atoms with Crippen LogP contribution in [-0.2, 0) is 0 Å². The van der Waals surface area contributed by atoms with E-state index in [4.69, 9.17) is 0 Å². The first-order chi connectivity index (χ1) is 8.68. The Kier molecular flexibility index (Phi) is 4.48. The fourth-order valence-corrected chi connectivity index (χ4v) is 2.56. The summed E-state index contributed by atoms with van der Waals surface area (Å²) < 4.78 is 0. The summed E-state index contributed by atoms with van der Waals surface area (Å²) in [5, 5.41) is 3.46. The molecule has 3 nitrogen and oxygen atoms in total. The molecular formula is C15H25N3. The zero-order chi connectivity index (χ0) is 13.0. The third kappa shape index (κ3) is 3.16. The highest BCUT2D eigenvalue weighted by Gasteiger charge is 2.10. The monoisotopic (exact) mass is 247 g/mol. The zero-order valence-electron chi connectivity index (χ0n) is 11.9. The van der Waals surface area contributed by atoms with Gasteiger partial charge in [-0.25, -0.2) is 0 Å². The van der Waals surface area contributed by atoms with Crippen LogP contribution in [0.15, 0.2) is 18.2 Å². The lowest BCUT2D eigenvalue weighted by molar-refractivity contribution is 0.567. The van der Waals surface area contributed by atoms with Gasteiger partial charge in [-0.2, -0.15) is 0 Å². The molecule has 0 aromatic heterocycles. The van der Waals surface area contributed by atoms with Gasteiger partial charge in [0.25, 0.3) is 0 Å². The summed E-state index contributed by atoms with van der Waals surface area (Å²) in [6, 6.07) is 6.82. The van der Waals surface area contributed by atoms with Crippen LogP contribution in [0, 0.1) is 6.92 Å². The molecule has 18 heavy (non-hydrogen) atoms. The highest BCUT2D eigenvalue weighted by molar-refractivity contribution is 5.62. The highest BCUT2D eigenvalue weighted by atomic mass is 15.1.